The Morgan fingerprint density at radius 3 is 2.70 bits per heavy atom. The van der Waals surface area contributed by atoms with Crippen molar-refractivity contribution in [2.75, 3.05) is 44.5 Å². The van der Waals surface area contributed by atoms with Crippen LogP contribution >= 0.6 is 0 Å². The number of nitrogens with one attached hydrogen (secondary N) is 2. The molecule has 0 saturated heterocycles. The third-order valence-electron chi connectivity index (χ3n) is 5.70. The third kappa shape index (κ3) is 8.55. The molecular formula is C27H36N6O7. The van der Waals surface area contributed by atoms with Crippen LogP contribution in [0.15, 0.2) is 29.5 Å². The number of carboxylic acids is 1. The summed E-state index contributed by atoms with van der Waals surface area (Å²) in [4.78, 5) is 50.2. The van der Waals surface area contributed by atoms with E-state index in [0.29, 0.717) is 60.3 Å². The normalized spacial score (nSPS) is 14.4. The summed E-state index contributed by atoms with van der Waals surface area (Å²) in [6.45, 7) is 6.62. The summed E-state index contributed by atoms with van der Waals surface area (Å²) >= 11 is 0. The lowest BCUT2D eigenvalue weighted by Crippen LogP contribution is -2.35. The topological polar surface area (TPSA) is 165 Å². The lowest BCUT2D eigenvalue weighted by atomic mass is 10.0. The van der Waals surface area contributed by atoms with Crippen LogP contribution in [0.4, 0.5) is 22.1 Å². The van der Waals surface area contributed by atoms with E-state index in [1.807, 2.05) is 20.8 Å². The quantitative estimate of drug-likeness (QED) is 0.244. The number of benzene rings is 1. The summed E-state index contributed by atoms with van der Waals surface area (Å²) in [6, 6.07) is 5.06. The van der Waals surface area contributed by atoms with Crippen molar-refractivity contribution >= 4 is 41.5 Å². The number of aliphatic imine (C=N–C) groups is 1. The molecule has 1 aliphatic heterocycles. The Morgan fingerprint density at radius 1 is 1.23 bits per heavy atom. The highest BCUT2D eigenvalue weighted by atomic mass is 16.6. The third-order valence-corrected chi connectivity index (χ3v) is 5.70. The van der Waals surface area contributed by atoms with Crippen LogP contribution in [0.2, 0.25) is 0 Å². The van der Waals surface area contributed by atoms with E-state index in [9.17, 15) is 14.4 Å². The zero-order chi connectivity index (χ0) is 29.3. The number of aromatic nitrogens is 2. The summed E-state index contributed by atoms with van der Waals surface area (Å²) in [5.74, 6) is -0.110. The molecule has 3 rings (SSSR count). The fraction of sp³-hybridized carbons (Fsp3) is 0.481. The Labute approximate surface area is 233 Å². The number of anilines is 2. The molecule has 2 heterocycles. The van der Waals surface area contributed by atoms with Gasteiger partial charge in [0.05, 0.1) is 25.0 Å². The average Bonchev–Trinajstić information content (AvgIpc) is 3.22. The molecule has 0 spiro atoms. The molecule has 3 N–H and O–H groups in total. The standard InChI is InChI=1S/C27H36N6O7/c1-27(2,3)40-26(37)33(4)12-7-11-28-23-22-18(25(36)32-24(22)31-16-30-23)15-29-17-9-10-19(38-5)20(14-17)39-13-6-8-21(34)35/h9-10,14-16,18H,6-8,11-13H2,1-5H3,(H,34,35)(H2,28,30,31,32,36). The summed E-state index contributed by atoms with van der Waals surface area (Å²) in [5.41, 5.74) is 0.533. The van der Waals surface area contributed by atoms with E-state index in [2.05, 4.69) is 25.6 Å². The largest absolute Gasteiger partial charge is 0.493 e. The minimum atomic E-state index is -0.894. The number of carboxylic acid groups (broad SMARTS) is 1. The zero-order valence-electron chi connectivity index (χ0n) is 23.4. The van der Waals surface area contributed by atoms with Crippen LogP contribution < -0.4 is 20.1 Å². The first-order valence-electron chi connectivity index (χ1n) is 12.9. The van der Waals surface area contributed by atoms with Crippen LogP contribution in [0, 0.1) is 0 Å². The van der Waals surface area contributed by atoms with Gasteiger partial charge in [0, 0.05) is 38.8 Å². The number of nitrogens with zero attached hydrogens (tertiary/aromatic N) is 4. The van der Waals surface area contributed by atoms with Crippen molar-refractivity contribution in [3.63, 3.8) is 0 Å². The monoisotopic (exact) mass is 556 g/mol. The predicted octanol–water partition coefficient (Wildman–Crippen LogP) is 3.84. The molecule has 2 amide bonds. The number of hydrogen-bond donors (Lipinski definition) is 3. The SMILES string of the molecule is COc1ccc(N=CC2C(=O)Nc3ncnc(NCCCN(C)C(=O)OC(C)(C)C)c32)cc1OCCCC(=O)O. The van der Waals surface area contributed by atoms with Gasteiger partial charge in [0.25, 0.3) is 0 Å². The highest BCUT2D eigenvalue weighted by Gasteiger charge is 2.33. The number of methoxy groups -OCH3 is 1. The van der Waals surface area contributed by atoms with Gasteiger partial charge in [-0.2, -0.15) is 0 Å². The van der Waals surface area contributed by atoms with E-state index in [1.165, 1.54) is 24.6 Å². The van der Waals surface area contributed by atoms with E-state index < -0.39 is 23.6 Å². The minimum Gasteiger partial charge on any atom is -0.493 e. The Hall–Kier alpha value is -4.42. The number of ether oxygens (including phenoxy) is 3. The molecular weight excluding hydrogens is 520 g/mol. The van der Waals surface area contributed by atoms with E-state index in [4.69, 9.17) is 19.3 Å². The Morgan fingerprint density at radius 2 is 2.00 bits per heavy atom. The van der Waals surface area contributed by atoms with Crippen LogP contribution in [0.25, 0.3) is 0 Å². The molecule has 0 saturated carbocycles. The highest BCUT2D eigenvalue weighted by molar-refractivity contribution is 6.13. The van der Waals surface area contributed by atoms with Gasteiger partial charge in [-0.15, -0.1) is 0 Å². The van der Waals surface area contributed by atoms with Crippen LogP contribution in [0.1, 0.15) is 51.5 Å². The molecule has 40 heavy (non-hydrogen) atoms. The van der Waals surface area contributed by atoms with E-state index >= 15 is 0 Å². The summed E-state index contributed by atoms with van der Waals surface area (Å²) in [7, 11) is 3.18. The van der Waals surface area contributed by atoms with Gasteiger partial charge in [0.2, 0.25) is 5.91 Å². The highest BCUT2D eigenvalue weighted by Crippen LogP contribution is 2.36. The van der Waals surface area contributed by atoms with Gasteiger partial charge in [0.1, 0.15) is 29.5 Å². The van der Waals surface area contributed by atoms with Crippen LogP contribution in [-0.2, 0) is 14.3 Å². The van der Waals surface area contributed by atoms with E-state index in [1.54, 1.807) is 25.2 Å². The second-order valence-corrected chi connectivity index (χ2v) is 10.1. The predicted molar refractivity (Wildman–Crippen MR) is 149 cm³/mol. The molecule has 13 nitrogen and oxygen atoms in total. The van der Waals surface area contributed by atoms with Gasteiger partial charge in [0.15, 0.2) is 11.5 Å². The van der Waals surface area contributed by atoms with Gasteiger partial charge in [-0.25, -0.2) is 14.8 Å². The van der Waals surface area contributed by atoms with Crippen LogP contribution in [0.3, 0.4) is 0 Å². The summed E-state index contributed by atoms with van der Waals surface area (Å²) in [5, 5.41) is 14.8. The van der Waals surface area contributed by atoms with Gasteiger partial charge < -0.3 is 34.9 Å². The molecule has 0 fully saturated rings. The van der Waals surface area contributed by atoms with Gasteiger partial charge in [-0.3, -0.25) is 14.6 Å². The van der Waals surface area contributed by atoms with Crippen LogP contribution in [-0.4, -0.2) is 83.6 Å². The van der Waals surface area contributed by atoms with Crippen molar-refractivity contribution in [1.29, 1.82) is 0 Å². The Balaban J connectivity index is 1.66. The minimum absolute atomic E-state index is 0.00472. The fourth-order valence-electron chi connectivity index (χ4n) is 3.78. The molecule has 2 aromatic rings. The Kier molecular flexibility index (Phi) is 10.2. The van der Waals surface area contributed by atoms with E-state index in [-0.39, 0.29) is 18.9 Å². The second kappa shape index (κ2) is 13.6. The Bertz CT molecular complexity index is 1240. The maximum absolute atomic E-state index is 12.8. The van der Waals surface area contributed by atoms with Gasteiger partial charge in [-0.1, -0.05) is 0 Å². The number of hydrogen-bond acceptors (Lipinski definition) is 10. The van der Waals surface area contributed by atoms with Crippen molar-refractivity contribution in [2.45, 2.75) is 51.6 Å². The number of rotatable bonds is 13. The molecule has 0 bridgehead atoms. The average molecular weight is 557 g/mol. The first kappa shape index (κ1) is 30.1. The lowest BCUT2D eigenvalue weighted by molar-refractivity contribution is -0.137. The number of fused-ring (bicyclic) bond motifs is 1. The van der Waals surface area contributed by atoms with Gasteiger partial charge in [-0.05, 0) is 45.7 Å². The molecule has 1 atom stereocenters. The number of aliphatic carboxylic acids is 1. The molecule has 1 aliphatic rings. The molecule has 216 valence electrons. The van der Waals surface area contributed by atoms with Crippen LogP contribution in [0.5, 0.6) is 11.5 Å². The van der Waals surface area contributed by atoms with E-state index in [0.717, 1.165) is 0 Å². The maximum atomic E-state index is 12.8. The van der Waals surface area contributed by atoms with Crippen molar-refractivity contribution in [2.24, 2.45) is 4.99 Å². The van der Waals surface area contributed by atoms with Crippen molar-refractivity contribution in [1.82, 2.24) is 14.9 Å². The molecule has 1 aromatic heterocycles. The molecule has 1 aromatic carbocycles. The van der Waals surface area contributed by atoms with Crippen molar-refractivity contribution in [3.8, 4) is 11.5 Å². The van der Waals surface area contributed by atoms with Gasteiger partial charge >= 0.3 is 12.1 Å². The first-order chi connectivity index (χ1) is 19.0. The van der Waals surface area contributed by atoms with Crippen molar-refractivity contribution < 1.29 is 33.7 Å². The number of carbonyl (C=O) groups is 3. The zero-order valence-corrected chi connectivity index (χ0v) is 23.4. The second-order valence-electron chi connectivity index (χ2n) is 10.1. The fourth-order valence-corrected chi connectivity index (χ4v) is 3.78. The number of carbonyl (C=O) groups excluding carboxylic acids is 2. The smallest absolute Gasteiger partial charge is 0.410 e. The molecule has 13 heteroatoms. The lowest BCUT2D eigenvalue weighted by Gasteiger charge is -2.24. The summed E-state index contributed by atoms with van der Waals surface area (Å²) in [6.07, 6.45) is 3.45. The number of amides is 2. The van der Waals surface area contributed by atoms with Crippen molar-refractivity contribution in [3.05, 3.63) is 30.1 Å². The maximum Gasteiger partial charge on any atom is 0.410 e. The molecule has 0 aliphatic carbocycles. The summed E-state index contributed by atoms with van der Waals surface area (Å²) < 4.78 is 16.4. The first-order valence-corrected chi connectivity index (χ1v) is 12.9. The molecule has 0 radical (unpaired) electrons. The molecule has 1 unspecified atom stereocenters.